The Balaban J connectivity index is 1.25. The minimum absolute atomic E-state index is 0.0412. The maximum absolute atomic E-state index is 14.2. The number of aromatic amines is 1. The van der Waals surface area contributed by atoms with Crippen molar-refractivity contribution in [1.82, 2.24) is 31.3 Å². The molecule has 0 bridgehead atoms. The molecule has 0 spiro atoms. The van der Waals surface area contributed by atoms with Crippen molar-refractivity contribution in [3.05, 3.63) is 83.7 Å². The second-order valence-electron chi connectivity index (χ2n) is 13.1. The lowest BCUT2D eigenvalue weighted by Gasteiger charge is -2.29. The quantitative estimate of drug-likeness (QED) is 0.171. The van der Waals surface area contributed by atoms with E-state index in [0.29, 0.717) is 47.6 Å². The number of benzene rings is 3. The number of H-pyrrole nitrogens is 1. The summed E-state index contributed by atoms with van der Waals surface area (Å²) in [4.78, 5) is 39.3. The Morgan fingerprint density at radius 1 is 1.00 bits per heavy atom. The van der Waals surface area contributed by atoms with E-state index in [-0.39, 0.29) is 29.7 Å². The third kappa shape index (κ3) is 9.47. The van der Waals surface area contributed by atoms with Crippen LogP contribution in [-0.4, -0.2) is 56.7 Å². The summed E-state index contributed by atoms with van der Waals surface area (Å²) < 4.78 is 19.6. The highest BCUT2D eigenvalue weighted by Crippen LogP contribution is 2.29. The number of rotatable bonds is 10. The number of hydrogen-bond donors (Lipinski definition) is 4. The van der Waals surface area contributed by atoms with E-state index in [1.54, 1.807) is 60.7 Å². The number of carbonyl (C=O) groups excluding carboxylic acids is 3. The van der Waals surface area contributed by atoms with E-state index < -0.39 is 29.5 Å². The lowest BCUT2D eigenvalue weighted by atomic mass is 9.81. The first-order valence-corrected chi connectivity index (χ1v) is 16.2. The number of tetrazole rings is 1. The minimum Gasteiger partial charge on any atom is -0.444 e. The van der Waals surface area contributed by atoms with Gasteiger partial charge in [-0.15, -0.1) is 10.2 Å². The first-order valence-electron chi connectivity index (χ1n) is 16.2. The highest BCUT2D eigenvalue weighted by molar-refractivity contribution is 5.97. The van der Waals surface area contributed by atoms with Crippen molar-refractivity contribution < 1.29 is 23.5 Å². The smallest absolute Gasteiger partial charge is 0.407 e. The van der Waals surface area contributed by atoms with Crippen LogP contribution in [0.4, 0.5) is 14.9 Å². The summed E-state index contributed by atoms with van der Waals surface area (Å²) in [5.74, 6) is -0.825. The van der Waals surface area contributed by atoms with E-state index >= 15 is 0 Å². The van der Waals surface area contributed by atoms with E-state index in [2.05, 4.69) is 36.6 Å². The van der Waals surface area contributed by atoms with Gasteiger partial charge in [0.25, 0.3) is 0 Å². The molecule has 1 aliphatic carbocycles. The number of alkyl carbamates (subject to hydrolysis) is 1. The normalized spacial score (nSPS) is 16.6. The zero-order valence-electron chi connectivity index (χ0n) is 27.6. The lowest BCUT2D eigenvalue weighted by Crippen LogP contribution is -2.48. The summed E-state index contributed by atoms with van der Waals surface area (Å²) in [6.45, 7) is 5.91. The third-order valence-corrected chi connectivity index (χ3v) is 8.37. The molecule has 3 aromatic carbocycles. The summed E-state index contributed by atoms with van der Waals surface area (Å²) in [5.41, 5.74) is 2.52. The fraction of sp³-hybridized carbons (Fsp3) is 0.361. The monoisotopic (exact) mass is 666 g/mol. The molecule has 3 amide bonds. The number of nitriles is 1. The first kappa shape index (κ1) is 34.7. The average molecular weight is 667 g/mol. The molecule has 0 unspecified atom stereocenters. The predicted molar refractivity (Wildman–Crippen MR) is 180 cm³/mol. The number of anilines is 1. The van der Waals surface area contributed by atoms with Crippen LogP contribution in [0.15, 0.2) is 66.7 Å². The van der Waals surface area contributed by atoms with Gasteiger partial charge in [-0.1, -0.05) is 36.4 Å². The van der Waals surface area contributed by atoms with Crippen molar-refractivity contribution in [2.45, 2.75) is 64.5 Å². The zero-order valence-corrected chi connectivity index (χ0v) is 27.6. The Labute approximate surface area is 283 Å². The molecule has 1 fully saturated rings. The largest absolute Gasteiger partial charge is 0.444 e. The highest BCUT2D eigenvalue weighted by atomic mass is 19.1. The van der Waals surface area contributed by atoms with Gasteiger partial charge in [0.05, 0.1) is 5.56 Å². The van der Waals surface area contributed by atoms with Crippen LogP contribution in [0.5, 0.6) is 0 Å². The fourth-order valence-corrected chi connectivity index (χ4v) is 5.82. The predicted octanol–water partition coefficient (Wildman–Crippen LogP) is 5.54. The Morgan fingerprint density at radius 3 is 2.33 bits per heavy atom. The van der Waals surface area contributed by atoms with Crippen molar-refractivity contribution >= 4 is 23.6 Å². The first-order chi connectivity index (χ1) is 23.5. The summed E-state index contributed by atoms with van der Waals surface area (Å²) in [6.07, 6.45) is 2.50. The number of halogens is 1. The van der Waals surface area contributed by atoms with Gasteiger partial charge in [0.15, 0.2) is 0 Å². The van der Waals surface area contributed by atoms with Gasteiger partial charge >= 0.3 is 6.09 Å². The molecule has 12 nitrogen and oxygen atoms in total. The van der Waals surface area contributed by atoms with Crippen LogP contribution in [0.3, 0.4) is 0 Å². The molecule has 4 aromatic rings. The van der Waals surface area contributed by atoms with Crippen molar-refractivity contribution in [2.75, 3.05) is 11.9 Å². The van der Waals surface area contributed by atoms with Crippen molar-refractivity contribution in [3.8, 4) is 28.6 Å². The second-order valence-corrected chi connectivity index (χ2v) is 13.1. The Morgan fingerprint density at radius 2 is 1.69 bits per heavy atom. The lowest BCUT2D eigenvalue weighted by molar-refractivity contribution is -0.130. The number of amides is 3. The molecule has 1 heterocycles. The molecule has 0 saturated heterocycles. The Bertz CT molecular complexity index is 1790. The molecule has 49 heavy (non-hydrogen) atoms. The van der Waals surface area contributed by atoms with E-state index in [1.807, 2.05) is 26.8 Å². The summed E-state index contributed by atoms with van der Waals surface area (Å²) in [6, 6.07) is 19.6. The number of nitrogens with zero attached hydrogens (tertiary/aromatic N) is 4. The van der Waals surface area contributed by atoms with Crippen LogP contribution in [0, 0.1) is 29.0 Å². The second kappa shape index (κ2) is 15.5. The van der Waals surface area contributed by atoms with Crippen LogP contribution < -0.4 is 16.0 Å². The van der Waals surface area contributed by atoms with Crippen LogP contribution in [0.1, 0.15) is 57.6 Å². The molecule has 4 N–H and O–H groups in total. The minimum atomic E-state index is -0.898. The topological polar surface area (TPSA) is 175 Å². The van der Waals surface area contributed by atoms with E-state index in [4.69, 9.17) is 4.74 Å². The van der Waals surface area contributed by atoms with Crippen LogP contribution in [0.25, 0.3) is 22.5 Å². The molecule has 1 saturated carbocycles. The van der Waals surface area contributed by atoms with Gasteiger partial charge in [0.2, 0.25) is 17.6 Å². The molecule has 13 heteroatoms. The summed E-state index contributed by atoms with van der Waals surface area (Å²) in [7, 11) is 0. The van der Waals surface area contributed by atoms with Crippen LogP contribution in [-0.2, 0) is 20.7 Å². The number of carbonyl (C=O) groups is 3. The molecule has 1 atom stereocenters. The molecular formula is C36H39FN8O4. The van der Waals surface area contributed by atoms with Gasteiger partial charge < -0.3 is 20.7 Å². The SMILES string of the molecule is CC(C)(C)OC(=O)NCC1CCC(C(=O)N[C@@H](Cc2ccc(-c3cccc(F)c3C#N)cc2)C(=O)Nc2ccc(-c3nn[nH]n3)cc2)CC1. The average Bonchev–Trinajstić information content (AvgIpc) is 3.62. The standard InChI is InChI=1S/C36H39FN8O4/c1-36(2,3)49-35(48)39-21-23-9-13-26(14-10-23)33(46)41-31(34(47)40-27-17-15-25(16-18-27)32-42-44-45-43-32)19-22-7-11-24(12-8-22)28-5-4-6-30(37)29(28)20-38/h4-8,11-12,15-18,23,26,31H,9-10,13-14,19,21H2,1-3H3,(H,39,48)(H,40,47)(H,41,46)(H,42,43,44,45)/t23?,26?,31-/m0/s1. The van der Waals surface area contributed by atoms with Crippen LogP contribution in [0.2, 0.25) is 0 Å². The van der Waals surface area contributed by atoms with Gasteiger partial charge in [0.1, 0.15) is 23.5 Å². The molecule has 0 radical (unpaired) electrons. The van der Waals surface area contributed by atoms with Crippen LogP contribution >= 0.6 is 0 Å². The van der Waals surface area contributed by atoms with Gasteiger partial charge in [-0.05, 0) is 99.0 Å². The number of ether oxygens (including phenoxy) is 1. The zero-order chi connectivity index (χ0) is 35.0. The molecule has 254 valence electrons. The highest BCUT2D eigenvalue weighted by Gasteiger charge is 2.30. The number of aromatic nitrogens is 4. The Hall–Kier alpha value is -5.64. The summed E-state index contributed by atoms with van der Waals surface area (Å²) >= 11 is 0. The van der Waals surface area contributed by atoms with Gasteiger partial charge in [-0.3, -0.25) is 9.59 Å². The maximum atomic E-state index is 14.2. The maximum Gasteiger partial charge on any atom is 0.407 e. The molecular weight excluding hydrogens is 627 g/mol. The third-order valence-electron chi connectivity index (χ3n) is 8.37. The van der Waals surface area contributed by atoms with Gasteiger partial charge in [-0.2, -0.15) is 10.5 Å². The number of hydrogen-bond acceptors (Lipinski definition) is 8. The van der Waals surface area contributed by atoms with Crippen molar-refractivity contribution in [2.24, 2.45) is 11.8 Å². The van der Waals surface area contributed by atoms with E-state index in [0.717, 1.165) is 18.4 Å². The summed E-state index contributed by atoms with van der Waals surface area (Å²) in [5, 5.41) is 32.1. The molecule has 1 aliphatic rings. The fourth-order valence-electron chi connectivity index (χ4n) is 5.82. The Kier molecular flexibility index (Phi) is 11.0. The van der Waals surface area contributed by atoms with Gasteiger partial charge in [0, 0.05) is 35.7 Å². The molecule has 1 aromatic heterocycles. The van der Waals surface area contributed by atoms with E-state index in [9.17, 15) is 24.0 Å². The van der Waals surface area contributed by atoms with Crippen molar-refractivity contribution in [3.63, 3.8) is 0 Å². The van der Waals surface area contributed by atoms with Crippen molar-refractivity contribution in [1.29, 1.82) is 5.26 Å². The molecule has 5 rings (SSSR count). The van der Waals surface area contributed by atoms with E-state index in [1.165, 1.54) is 6.07 Å². The number of nitrogens with one attached hydrogen (secondary N) is 4. The van der Waals surface area contributed by atoms with Gasteiger partial charge in [-0.25, -0.2) is 9.18 Å². The molecule has 0 aliphatic heterocycles.